The van der Waals surface area contributed by atoms with Crippen LogP contribution in [0.4, 0.5) is 4.79 Å². The lowest BCUT2D eigenvalue weighted by molar-refractivity contribution is 0.0186. The van der Waals surface area contributed by atoms with Crippen LogP contribution in [-0.4, -0.2) is 49.9 Å². The first kappa shape index (κ1) is 18.4. The number of carbonyl (C=O) groups excluding carboxylic acids is 1. The van der Waals surface area contributed by atoms with E-state index in [1.165, 1.54) is 0 Å². The predicted octanol–water partition coefficient (Wildman–Crippen LogP) is 2.76. The van der Waals surface area contributed by atoms with E-state index in [9.17, 15) is 4.79 Å². The second-order valence-electron chi connectivity index (χ2n) is 7.13. The Bertz CT molecular complexity index is 561. The molecule has 1 heterocycles. The van der Waals surface area contributed by atoms with Crippen molar-refractivity contribution >= 4 is 6.09 Å². The summed E-state index contributed by atoms with van der Waals surface area (Å²) in [7, 11) is 3.23. The van der Waals surface area contributed by atoms with Crippen LogP contribution >= 0.6 is 0 Å². The van der Waals surface area contributed by atoms with Gasteiger partial charge in [-0.3, -0.25) is 0 Å². The van der Waals surface area contributed by atoms with Gasteiger partial charge < -0.3 is 24.8 Å². The highest BCUT2D eigenvalue weighted by molar-refractivity contribution is 5.68. The first-order valence-electron chi connectivity index (χ1n) is 8.20. The van der Waals surface area contributed by atoms with Crippen molar-refractivity contribution in [3.63, 3.8) is 0 Å². The van der Waals surface area contributed by atoms with Gasteiger partial charge in [0.15, 0.2) is 0 Å². The molecule has 1 fully saturated rings. The monoisotopic (exact) mass is 336 g/mol. The van der Waals surface area contributed by atoms with Crippen LogP contribution in [0, 0.1) is 0 Å². The van der Waals surface area contributed by atoms with Gasteiger partial charge in [0.05, 0.1) is 14.2 Å². The number of ether oxygens (including phenoxy) is 3. The molecule has 1 aromatic carbocycles. The molecule has 1 aliphatic rings. The van der Waals surface area contributed by atoms with Gasteiger partial charge in [-0.1, -0.05) is 0 Å². The molecule has 0 bridgehead atoms. The number of hydrogen-bond donors (Lipinski definition) is 1. The molecule has 0 saturated carbocycles. The summed E-state index contributed by atoms with van der Waals surface area (Å²) in [6, 6.07) is 5.70. The summed E-state index contributed by atoms with van der Waals surface area (Å²) in [6.45, 7) is 6.72. The lowest BCUT2D eigenvalue weighted by Crippen LogP contribution is -2.49. The summed E-state index contributed by atoms with van der Waals surface area (Å²) in [4.78, 5) is 14.1. The number of nitrogens with zero attached hydrogens (tertiary/aromatic N) is 1. The Hall–Kier alpha value is -1.95. The number of nitrogens with two attached hydrogens (primary N) is 1. The number of rotatable bonds is 3. The first-order valence-corrected chi connectivity index (χ1v) is 8.20. The molecule has 0 spiro atoms. The molecule has 0 aromatic heterocycles. The molecule has 1 saturated heterocycles. The molecule has 2 N–H and O–H groups in total. The third-order valence-electron chi connectivity index (χ3n) is 4.12. The standard InChI is InChI=1S/C18H28N2O4/c1-18(2,3)24-17(21)20-7-6-16(19)15(11-20)12-8-13(22-4)10-14(9-12)23-5/h8-10,15-16H,6-7,11,19H2,1-5H3. The molecule has 6 nitrogen and oxygen atoms in total. The van der Waals surface area contributed by atoms with Crippen molar-refractivity contribution in [2.24, 2.45) is 5.73 Å². The minimum atomic E-state index is -0.509. The van der Waals surface area contributed by atoms with Gasteiger partial charge in [0.1, 0.15) is 17.1 Å². The maximum absolute atomic E-state index is 12.4. The summed E-state index contributed by atoms with van der Waals surface area (Å²) in [5.41, 5.74) is 6.82. The van der Waals surface area contributed by atoms with Crippen molar-refractivity contribution in [1.82, 2.24) is 4.90 Å². The van der Waals surface area contributed by atoms with Crippen molar-refractivity contribution in [1.29, 1.82) is 0 Å². The second-order valence-corrected chi connectivity index (χ2v) is 7.13. The Kier molecular flexibility index (Phi) is 5.59. The topological polar surface area (TPSA) is 74.0 Å². The Morgan fingerprint density at radius 1 is 1.17 bits per heavy atom. The average molecular weight is 336 g/mol. The zero-order valence-corrected chi connectivity index (χ0v) is 15.2. The van der Waals surface area contributed by atoms with E-state index in [4.69, 9.17) is 19.9 Å². The van der Waals surface area contributed by atoms with E-state index >= 15 is 0 Å². The van der Waals surface area contributed by atoms with Crippen LogP contribution in [0.3, 0.4) is 0 Å². The number of amides is 1. The number of hydrogen-bond acceptors (Lipinski definition) is 5. The van der Waals surface area contributed by atoms with Crippen LogP contribution in [0.25, 0.3) is 0 Å². The van der Waals surface area contributed by atoms with Gasteiger partial charge in [-0.05, 0) is 44.9 Å². The second kappa shape index (κ2) is 7.30. The van der Waals surface area contributed by atoms with Gasteiger partial charge in [0.2, 0.25) is 0 Å². The fourth-order valence-electron chi connectivity index (χ4n) is 2.86. The van der Waals surface area contributed by atoms with Crippen molar-refractivity contribution < 1.29 is 19.0 Å². The molecule has 1 aromatic rings. The molecular weight excluding hydrogens is 308 g/mol. The zero-order valence-electron chi connectivity index (χ0n) is 15.2. The van der Waals surface area contributed by atoms with Crippen LogP contribution in [0.1, 0.15) is 38.7 Å². The van der Waals surface area contributed by atoms with E-state index in [0.717, 1.165) is 12.0 Å². The van der Waals surface area contributed by atoms with E-state index in [2.05, 4.69) is 0 Å². The SMILES string of the molecule is COc1cc(OC)cc(C2CN(C(=O)OC(C)(C)C)CCC2N)c1. The highest BCUT2D eigenvalue weighted by Gasteiger charge is 2.33. The molecule has 0 radical (unpaired) electrons. The van der Waals surface area contributed by atoms with Crippen LogP contribution < -0.4 is 15.2 Å². The Balaban J connectivity index is 2.21. The van der Waals surface area contributed by atoms with Gasteiger partial charge in [-0.2, -0.15) is 0 Å². The molecule has 6 heteroatoms. The molecule has 2 atom stereocenters. The number of piperidine rings is 1. The molecule has 2 unspecified atom stereocenters. The maximum atomic E-state index is 12.4. The molecular formula is C18H28N2O4. The van der Waals surface area contributed by atoms with Gasteiger partial charge in [-0.25, -0.2) is 4.79 Å². The van der Waals surface area contributed by atoms with Crippen LogP contribution in [0.15, 0.2) is 18.2 Å². The third kappa shape index (κ3) is 4.54. The Morgan fingerprint density at radius 2 is 1.75 bits per heavy atom. The van der Waals surface area contributed by atoms with Gasteiger partial charge in [0, 0.05) is 31.1 Å². The minimum absolute atomic E-state index is 0.00951. The van der Waals surface area contributed by atoms with Crippen molar-refractivity contribution in [2.75, 3.05) is 27.3 Å². The summed E-state index contributed by atoms with van der Waals surface area (Å²) in [6.07, 6.45) is 0.429. The van der Waals surface area contributed by atoms with Crippen LogP contribution in [-0.2, 0) is 4.74 Å². The normalized spacial score (nSPS) is 21.3. The number of methoxy groups -OCH3 is 2. The van der Waals surface area contributed by atoms with Crippen LogP contribution in [0.2, 0.25) is 0 Å². The van der Waals surface area contributed by atoms with Crippen molar-refractivity contribution in [3.8, 4) is 11.5 Å². The lowest BCUT2D eigenvalue weighted by Gasteiger charge is -2.38. The highest BCUT2D eigenvalue weighted by atomic mass is 16.6. The fourth-order valence-corrected chi connectivity index (χ4v) is 2.86. The predicted molar refractivity (Wildman–Crippen MR) is 92.7 cm³/mol. The molecule has 2 rings (SSSR count). The summed E-state index contributed by atoms with van der Waals surface area (Å²) in [5.74, 6) is 1.44. The smallest absolute Gasteiger partial charge is 0.410 e. The van der Waals surface area contributed by atoms with E-state index in [1.807, 2.05) is 39.0 Å². The Morgan fingerprint density at radius 3 is 2.25 bits per heavy atom. The quantitative estimate of drug-likeness (QED) is 0.919. The van der Waals surface area contributed by atoms with Crippen molar-refractivity contribution in [2.45, 2.75) is 44.8 Å². The van der Waals surface area contributed by atoms with Crippen LogP contribution in [0.5, 0.6) is 11.5 Å². The molecule has 1 aliphatic heterocycles. The summed E-state index contributed by atoms with van der Waals surface area (Å²) >= 11 is 0. The van der Waals surface area contributed by atoms with Gasteiger partial charge >= 0.3 is 6.09 Å². The lowest BCUT2D eigenvalue weighted by atomic mass is 9.86. The molecule has 1 amide bonds. The fraction of sp³-hybridized carbons (Fsp3) is 0.611. The molecule has 0 aliphatic carbocycles. The zero-order chi connectivity index (χ0) is 17.9. The highest BCUT2D eigenvalue weighted by Crippen LogP contribution is 2.32. The largest absolute Gasteiger partial charge is 0.497 e. The number of benzene rings is 1. The van der Waals surface area contributed by atoms with E-state index in [1.54, 1.807) is 19.1 Å². The number of carbonyl (C=O) groups is 1. The summed E-state index contributed by atoms with van der Waals surface area (Å²) in [5, 5.41) is 0. The average Bonchev–Trinajstić information content (AvgIpc) is 2.53. The maximum Gasteiger partial charge on any atom is 0.410 e. The van der Waals surface area contributed by atoms with E-state index < -0.39 is 5.60 Å². The number of likely N-dealkylation sites (tertiary alicyclic amines) is 1. The van der Waals surface area contributed by atoms with E-state index in [0.29, 0.717) is 24.6 Å². The van der Waals surface area contributed by atoms with Gasteiger partial charge in [0.25, 0.3) is 0 Å². The third-order valence-corrected chi connectivity index (χ3v) is 4.12. The molecule has 24 heavy (non-hydrogen) atoms. The minimum Gasteiger partial charge on any atom is -0.497 e. The summed E-state index contributed by atoms with van der Waals surface area (Å²) < 4.78 is 16.2. The van der Waals surface area contributed by atoms with E-state index in [-0.39, 0.29) is 18.1 Å². The molecule has 134 valence electrons. The van der Waals surface area contributed by atoms with Gasteiger partial charge in [-0.15, -0.1) is 0 Å². The first-order chi connectivity index (χ1) is 11.2. The van der Waals surface area contributed by atoms with Crippen molar-refractivity contribution in [3.05, 3.63) is 23.8 Å². The Labute approximate surface area is 143 Å².